The molecule has 1 aromatic carbocycles. The number of aryl methyl sites for hydroxylation is 1. The summed E-state index contributed by atoms with van der Waals surface area (Å²) >= 11 is 3.37. The van der Waals surface area contributed by atoms with E-state index in [0.717, 1.165) is 29.1 Å². The number of ether oxygens (including phenoxy) is 1. The van der Waals surface area contributed by atoms with Gasteiger partial charge in [0.05, 0.1) is 5.69 Å². The van der Waals surface area contributed by atoms with Gasteiger partial charge in [0.2, 0.25) is 0 Å². The number of nitrogens with two attached hydrogens (primary N) is 1. The van der Waals surface area contributed by atoms with E-state index in [0.29, 0.717) is 18.0 Å². The smallest absolute Gasteiger partial charge is 0.171 e. The van der Waals surface area contributed by atoms with Crippen molar-refractivity contribution in [3.05, 3.63) is 34.3 Å². The second kappa shape index (κ2) is 5.21. The molecule has 0 unspecified atom stereocenters. The molecule has 0 saturated carbocycles. The number of hydrogen-bond acceptors (Lipinski definition) is 4. The highest BCUT2D eigenvalue weighted by Crippen LogP contribution is 2.26. The van der Waals surface area contributed by atoms with Gasteiger partial charge in [-0.2, -0.15) is 0 Å². The number of nitrogens with zero attached hydrogens (tertiary/aromatic N) is 3. The highest BCUT2D eigenvalue weighted by molar-refractivity contribution is 9.10. The third-order valence-electron chi connectivity index (χ3n) is 3.26. The van der Waals surface area contributed by atoms with Gasteiger partial charge in [-0.15, -0.1) is 10.2 Å². The van der Waals surface area contributed by atoms with Crippen molar-refractivity contribution >= 4 is 21.6 Å². The zero-order valence-electron chi connectivity index (χ0n) is 10.5. The quantitative estimate of drug-likeness (QED) is 0.882. The first-order chi connectivity index (χ1) is 9.24. The molecule has 0 aliphatic carbocycles. The van der Waals surface area contributed by atoms with E-state index in [1.165, 1.54) is 12.8 Å². The Morgan fingerprint density at radius 2 is 2.21 bits per heavy atom. The minimum atomic E-state index is 0.402. The van der Waals surface area contributed by atoms with E-state index in [1.54, 1.807) is 0 Å². The molecule has 1 aromatic heterocycles. The molecule has 100 valence electrons. The van der Waals surface area contributed by atoms with Crippen LogP contribution >= 0.6 is 15.9 Å². The van der Waals surface area contributed by atoms with Crippen molar-refractivity contribution in [1.29, 1.82) is 0 Å². The molecule has 2 N–H and O–H groups in total. The van der Waals surface area contributed by atoms with Crippen LogP contribution in [0.15, 0.2) is 22.7 Å². The first-order valence-corrected chi connectivity index (χ1v) is 7.12. The fourth-order valence-corrected chi connectivity index (χ4v) is 2.65. The van der Waals surface area contributed by atoms with Crippen LogP contribution in [0.25, 0.3) is 0 Å². The normalized spacial score (nSPS) is 14.2. The Morgan fingerprint density at radius 3 is 3.05 bits per heavy atom. The topological polar surface area (TPSA) is 66.0 Å². The monoisotopic (exact) mass is 322 g/mol. The van der Waals surface area contributed by atoms with Crippen LogP contribution in [-0.2, 0) is 19.6 Å². The second-order valence-electron chi connectivity index (χ2n) is 4.61. The molecule has 0 radical (unpaired) electrons. The Hall–Kier alpha value is -1.56. The molecule has 0 spiro atoms. The molecule has 1 aliphatic heterocycles. The van der Waals surface area contributed by atoms with E-state index in [2.05, 4.69) is 30.7 Å². The van der Waals surface area contributed by atoms with Gasteiger partial charge < -0.3 is 15.0 Å². The third kappa shape index (κ3) is 2.58. The lowest BCUT2D eigenvalue weighted by molar-refractivity contribution is 0.287. The summed E-state index contributed by atoms with van der Waals surface area (Å²) in [5, 5.41) is 8.40. The highest BCUT2D eigenvalue weighted by atomic mass is 79.9. The van der Waals surface area contributed by atoms with E-state index >= 15 is 0 Å². The summed E-state index contributed by atoms with van der Waals surface area (Å²) in [5.74, 6) is 2.61. The van der Waals surface area contributed by atoms with Crippen molar-refractivity contribution in [2.75, 3.05) is 5.73 Å². The summed E-state index contributed by atoms with van der Waals surface area (Å²) in [6.45, 7) is 1.38. The number of halogens is 1. The Labute approximate surface area is 119 Å². The summed E-state index contributed by atoms with van der Waals surface area (Å²) in [4.78, 5) is 0. The lowest BCUT2D eigenvalue weighted by Crippen LogP contribution is -2.14. The minimum absolute atomic E-state index is 0.402. The minimum Gasteiger partial charge on any atom is -0.483 e. The van der Waals surface area contributed by atoms with Crippen molar-refractivity contribution in [3.63, 3.8) is 0 Å². The molecule has 0 fully saturated rings. The average molecular weight is 323 g/mol. The zero-order valence-corrected chi connectivity index (χ0v) is 12.1. The number of nitrogen functional groups attached to an aromatic ring is 1. The second-order valence-corrected chi connectivity index (χ2v) is 5.53. The highest BCUT2D eigenvalue weighted by Gasteiger charge is 2.16. The van der Waals surface area contributed by atoms with Crippen molar-refractivity contribution in [3.8, 4) is 5.75 Å². The molecular weight excluding hydrogens is 308 g/mol. The first kappa shape index (κ1) is 12.5. The summed E-state index contributed by atoms with van der Waals surface area (Å²) in [6, 6.07) is 5.59. The maximum absolute atomic E-state index is 5.90. The number of anilines is 1. The summed E-state index contributed by atoms with van der Waals surface area (Å²) in [7, 11) is 0. The van der Waals surface area contributed by atoms with Gasteiger partial charge in [-0.05, 0) is 31.0 Å². The Bertz CT molecular complexity index is 596. The van der Waals surface area contributed by atoms with Gasteiger partial charge in [-0.1, -0.05) is 15.9 Å². The van der Waals surface area contributed by atoms with Crippen molar-refractivity contribution in [1.82, 2.24) is 14.8 Å². The Balaban J connectivity index is 1.74. The van der Waals surface area contributed by atoms with Gasteiger partial charge in [0.15, 0.2) is 5.82 Å². The van der Waals surface area contributed by atoms with E-state index < -0.39 is 0 Å². The average Bonchev–Trinajstić information content (AvgIpc) is 2.81. The molecule has 0 atom stereocenters. The van der Waals surface area contributed by atoms with Crippen molar-refractivity contribution in [2.24, 2.45) is 0 Å². The predicted molar refractivity (Wildman–Crippen MR) is 75.8 cm³/mol. The lowest BCUT2D eigenvalue weighted by Gasteiger charge is -2.15. The lowest BCUT2D eigenvalue weighted by atomic mass is 10.2. The maximum atomic E-state index is 5.90. The molecule has 2 heterocycles. The van der Waals surface area contributed by atoms with Gasteiger partial charge in [0.1, 0.15) is 18.2 Å². The molecule has 3 rings (SSSR count). The largest absolute Gasteiger partial charge is 0.483 e. The van der Waals surface area contributed by atoms with Crippen LogP contribution in [0.2, 0.25) is 0 Å². The number of fused-ring (bicyclic) bond motifs is 1. The molecule has 1 aliphatic rings. The first-order valence-electron chi connectivity index (χ1n) is 6.33. The third-order valence-corrected chi connectivity index (χ3v) is 3.76. The van der Waals surface area contributed by atoms with Crippen LogP contribution < -0.4 is 10.5 Å². The molecule has 0 bridgehead atoms. The molecule has 19 heavy (non-hydrogen) atoms. The van der Waals surface area contributed by atoms with Gasteiger partial charge in [0.25, 0.3) is 0 Å². The van der Waals surface area contributed by atoms with Gasteiger partial charge in [-0.3, -0.25) is 0 Å². The molecule has 5 nitrogen and oxygen atoms in total. The van der Waals surface area contributed by atoms with Crippen LogP contribution in [-0.4, -0.2) is 14.8 Å². The SMILES string of the molecule is Nc1cc(Br)ccc1OCc1nnc2n1CCCC2. The predicted octanol–water partition coefficient (Wildman–Crippen LogP) is 2.54. The summed E-state index contributed by atoms with van der Waals surface area (Å²) in [6.07, 6.45) is 3.38. The standard InChI is InChI=1S/C13H15BrN4O/c14-9-4-5-11(10(15)7-9)19-8-13-17-16-12-3-1-2-6-18(12)13/h4-5,7H,1-3,6,8,15H2. The summed E-state index contributed by atoms with van der Waals surface area (Å²) < 4.78 is 8.83. The molecule has 0 amide bonds. The van der Waals surface area contributed by atoms with Crippen LogP contribution in [0.3, 0.4) is 0 Å². The maximum Gasteiger partial charge on any atom is 0.171 e. The fourth-order valence-electron chi connectivity index (χ4n) is 2.27. The van der Waals surface area contributed by atoms with E-state index in [9.17, 15) is 0 Å². The molecule has 0 saturated heterocycles. The fraction of sp³-hybridized carbons (Fsp3) is 0.385. The van der Waals surface area contributed by atoms with Gasteiger partial charge >= 0.3 is 0 Å². The Kier molecular flexibility index (Phi) is 3.42. The van der Waals surface area contributed by atoms with E-state index in [-0.39, 0.29) is 0 Å². The van der Waals surface area contributed by atoms with Gasteiger partial charge in [-0.25, -0.2) is 0 Å². The molecular formula is C13H15BrN4O. The molecule has 6 heteroatoms. The molecule has 2 aromatic rings. The van der Waals surface area contributed by atoms with Crippen LogP contribution in [0.5, 0.6) is 5.75 Å². The Morgan fingerprint density at radius 1 is 1.32 bits per heavy atom. The van der Waals surface area contributed by atoms with Crippen LogP contribution in [0.4, 0.5) is 5.69 Å². The van der Waals surface area contributed by atoms with Crippen molar-refractivity contribution < 1.29 is 4.74 Å². The van der Waals surface area contributed by atoms with Crippen LogP contribution in [0, 0.1) is 0 Å². The number of aromatic nitrogens is 3. The van der Waals surface area contributed by atoms with E-state index in [1.807, 2.05) is 18.2 Å². The van der Waals surface area contributed by atoms with Gasteiger partial charge in [0, 0.05) is 17.4 Å². The zero-order chi connectivity index (χ0) is 13.2. The van der Waals surface area contributed by atoms with Crippen molar-refractivity contribution in [2.45, 2.75) is 32.4 Å². The number of rotatable bonds is 3. The number of benzene rings is 1. The number of hydrogen-bond donors (Lipinski definition) is 1. The van der Waals surface area contributed by atoms with Crippen LogP contribution in [0.1, 0.15) is 24.5 Å². The van der Waals surface area contributed by atoms with E-state index in [4.69, 9.17) is 10.5 Å². The summed E-state index contributed by atoms with van der Waals surface area (Å²) in [5.41, 5.74) is 6.52.